The second-order valence-corrected chi connectivity index (χ2v) is 9.32. The van der Waals surface area contributed by atoms with Gasteiger partial charge in [-0.15, -0.1) is 0 Å². The molecule has 3 amide bonds. The number of amides is 3. The number of likely N-dealkylation sites (tertiary alicyclic amines) is 1. The third kappa shape index (κ3) is 3.39. The number of hydrogen-bond acceptors (Lipinski definition) is 4. The molecule has 1 saturated heterocycles. The van der Waals surface area contributed by atoms with Crippen molar-refractivity contribution < 1.29 is 27.6 Å². The van der Waals surface area contributed by atoms with E-state index < -0.39 is 36.0 Å². The van der Waals surface area contributed by atoms with Crippen molar-refractivity contribution in [3.8, 4) is 0 Å². The number of carbonyl (C=O) groups is 3. The number of imide groups is 1. The van der Waals surface area contributed by atoms with Gasteiger partial charge in [0.2, 0.25) is 11.8 Å². The fraction of sp³-hybridized carbons (Fsp3) is 0.348. The summed E-state index contributed by atoms with van der Waals surface area (Å²) in [7, 11) is 0. The van der Waals surface area contributed by atoms with Gasteiger partial charge in [-0.25, -0.2) is 0 Å². The third-order valence-electron chi connectivity index (χ3n) is 6.33. The van der Waals surface area contributed by atoms with E-state index >= 15 is 0 Å². The van der Waals surface area contributed by atoms with Gasteiger partial charge in [0.15, 0.2) is 0 Å². The lowest BCUT2D eigenvalue weighted by molar-refractivity contribution is -0.143. The summed E-state index contributed by atoms with van der Waals surface area (Å²) in [6, 6.07) is 10.2. The van der Waals surface area contributed by atoms with Gasteiger partial charge in [0, 0.05) is 9.79 Å². The molecule has 3 aliphatic rings. The highest BCUT2D eigenvalue weighted by molar-refractivity contribution is 7.99. The summed E-state index contributed by atoms with van der Waals surface area (Å²) in [6.07, 6.45) is -1.58. The maximum absolute atomic E-state index is 13.4. The average Bonchev–Trinajstić information content (AvgIpc) is 3.01. The first-order valence-electron chi connectivity index (χ1n) is 10.4. The van der Waals surface area contributed by atoms with Gasteiger partial charge in [0.1, 0.15) is 6.54 Å². The van der Waals surface area contributed by atoms with E-state index in [0.717, 1.165) is 29.9 Å². The van der Waals surface area contributed by atoms with E-state index in [2.05, 4.69) is 0 Å². The van der Waals surface area contributed by atoms with Crippen molar-refractivity contribution in [2.75, 3.05) is 11.4 Å². The van der Waals surface area contributed by atoms with E-state index in [1.165, 1.54) is 22.7 Å². The maximum Gasteiger partial charge on any atom is 0.416 e. The number of benzene rings is 2. The van der Waals surface area contributed by atoms with E-state index in [0.29, 0.717) is 28.3 Å². The van der Waals surface area contributed by atoms with Crippen molar-refractivity contribution in [3.05, 3.63) is 48.0 Å². The van der Waals surface area contributed by atoms with E-state index in [9.17, 15) is 27.6 Å². The first-order valence-corrected chi connectivity index (χ1v) is 11.2. The molecule has 2 fully saturated rings. The summed E-state index contributed by atoms with van der Waals surface area (Å²) in [5, 5.41) is 0. The first kappa shape index (κ1) is 21.1. The van der Waals surface area contributed by atoms with Gasteiger partial charge >= 0.3 is 6.18 Å². The second kappa shape index (κ2) is 7.65. The Labute approximate surface area is 186 Å². The van der Waals surface area contributed by atoms with E-state index in [-0.39, 0.29) is 17.5 Å². The minimum Gasteiger partial charge on any atom is -0.277 e. The number of fused-ring (bicyclic) bond motifs is 3. The van der Waals surface area contributed by atoms with Crippen molar-refractivity contribution in [2.24, 2.45) is 11.8 Å². The SMILES string of the molecule is O=C1[C@H]2CCCC[C@H]2C(=O)N1CC(=O)N1c2ccccc2Sc2ccc(C(F)(F)F)cc21. The number of nitrogens with zero attached hydrogens (tertiary/aromatic N) is 2. The highest BCUT2D eigenvalue weighted by Gasteiger charge is 2.49. The monoisotopic (exact) mass is 460 g/mol. The summed E-state index contributed by atoms with van der Waals surface area (Å²) in [6.45, 7) is -0.487. The van der Waals surface area contributed by atoms with E-state index in [1.807, 2.05) is 0 Å². The van der Waals surface area contributed by atoms with Gasteiger partial charge in [-0.2, -0.15) is 13.2 Å². The molecule has 0 N–H and O–H groups in total. The van der Waals surface area contributed by atoms with E-state index in [1.54, 1.807) is 24.3 Å². The van der Waals surface area contributed by atoms with Gasteiger partial charge in [-0.3, -0.25) is 24.2 Å². The smallest absolute Gasteiger partial charge is 0.277 e. The molecule has 1 aliphatic carbocycles. The molecule has 0 spiro atoms. The van der Waals surface area contributed by atoms with Crippen LogP contribution in [0.25, 0.3) is 0 Å². The van der Waals surface area contributed by atoms with Crippen LogP contribution in [0.4, 0.5) is 24.5 Å². The Morgan fingerprint density at radius 1 is 0.938 bits per heavy atom. The third-order valence-corrected chi connectivity index (χ3v) is 7.46. The maximum atomic E-state index is 13.4. The van der Waals surface area contributed by atoms with Crippen LogP contribution in [0.2, 0.25) is 0 Å². The molecule has 5 nitrogen and oxygen atoms in total. The predicted molar refractivity (Wildman–Crippen MR) is 111 cm³/mol. The molecule has 2 aromatic carbocycles. The summed E-state index contributed by atoms with van der Waals surface area (Å²) >= 11 is 1.27. The van der Waals surface area contributed by atoms with Crippen LogP contribution in [-0.2, 0) is 20.6 Å². The largest absolute Gasteiger partial charge is 0.416 e. The highest BCUT2D eigenvalue weighted by Crippen LogP contribution is 2.49. The Bertz CT molecular complexity index is 1110. The molecule has 9 heteroatoms. The minimum atomic E-state index is -4.57. The zero-order chi connectivity index (χ0) is 22.6. The number of carbonyl (C=O) groups excluding carboxylic acids is 3. The molecule has 0 unspecified atom stereocenters. The van der Waals surface area contributed by atoms with Crippen LogP contribution >= 0.6 is 11.8 Å². The molecule has 1 saturated carbocycles. The summed E-state index contributed by atoms with van der Waals surface area (Å²) in [5.41, 5.74) is -0.329. The van der Waals surface area contributed by atoms with Crippen molar-refractivity contribution in [1.29, 1.82) is 0 Å². The Morgan fingerprint density at radius 2 is 1.56 bits per heavy atom. The Hall–Kier alpha value is -2.81. The lowest BCUT2D eigenvalue weighted by atomic mass is 9.81. The second-order valence-electron chi connectivity index (χ2n) is 8.24. The number of alkyl halides is 3. The molecular formula is C23H19F3N2O3S. The zero-order valence-corrected chi connectivity index (χ0v) is 17.7. The Kier molecular flexibility index (Phi) is 5.03. The van der Waals surface area contributed by atoms with Gasteiger partial charge in [-0.1, -0.05) is 36.7 Å². The molecule has 0 radical (unpaired) electrons. The molecule has 32 heavy (non-hydrogen) atoms. The molecule has 2 aliphatic heterocycles. The van der Waals surface area contributed by atoms with Crippen LogP contribution in [0.5, 0.6) is 0 Å². The van der Waals surface area contributed by atoms with Crippen molar-refractivity contribution in [1.82, 2.24) is 4.90 Å². The van der Waals surface area contributed by atoms with Crippen LogP contribution in [-0.4, -0.2) is 29.2 Å². The topological polar surface area (TPSA) is 57.7 Å². The predicted octanol–water partition coefficient (Wildman–Crippen LogP) is 5.01. The standard InChI is InChI=1S/C23H19F3N2O3S/c24-23(25,26)13-9-10-19-17(11-13)28(16-7-3-4-8-18(16)32-19)20(29)12-27-21(30)14-5-1-2-6-15(14)22(27)31/h3-4,7-11,14-15H,1-2,5-6,12H2/t14-,15+. The van der Waals surface area contributed by atoms with Gasteiger partial charge in [-0.05, 0) is 43.2 Å². The lowest BCUT2D eigenvalue weighted by Crippen LogP contribution is -2.42. The average molecular weight is 460 g/mol. The molecule has 2 atom stereocenters. The first-order chi connectivity index (χ1) is 15.3. The quantitative estimate of drug-likeness (QED) is 0.592. The van der Waals surface area contributed by atoms with Crippen molar-refractivity contribution in [2.45, 2.75) is 41.7 Å². The molecule has 5 rings (SSSR count). The van der Waals surface area contributed by atoms with Crippen molar-refractivity contribution in [3.63, 3.8) is 0 Å². The zero-order valence-electron chi connectivity index (χ0n) is 16.9. The lowest BCUT2D eigenvalue weighted by Gasteiger charge is -2.32. The fourth-order valence-corrected chi connectivity index (χ4v) is 5.83. The summed E-state index contributed by atoms with van der Waals surface area (Å²) in [5.74, 6) is -2.10. The Morgan fingerprint density at radius 3 is 2.22 bits per heavy atom. The van der Waals surface area contributed by atoms with Crippen LogP contribution in [0.1, 0.15) is 31.2 Å². The fourth-order valence-electron chi connectivity index (χ4n) is 4.79. The highest BCUT2D eigenvalue weighted by atomic mass is 32.2. The molecule has 0 aromatic heterocycles. The van der Waals surface area contributed by atoms with Crippen LogP contribution in [0.3, 0.4) is 0 Å². The molecule has 2 heterocycles. The molecule has 2 aromatic rings. The number of halogens is 3. The summed E-state index contributed by atoms with van der Waals surface area (Å²) < 4.78 is 40.1. The molecular weight excluding hydrogens is 441 g/mol. The number of rotatable bonds is 2. The number of para-hydroxylation sites is 1. The number of anilines is 2. The van der Waals surface area contributed by atoms with E-state index in [4.69, 9.17) is 0 Å². The van der Waals surface area contributed by atoms with Crippen LogP contribution in [0.15, 0.2) is 52.3 Å². The normalized spacial score (nSPS) is 22.5. The molecule has 0 bridgehead atoms. The minimum absolute atomic E-state index is 0.102. The van der Waals surface area contributed by atoms with Crippen molar-refractivity contribution >= 4 is 40.9 Å². The number of hydrogen-bond donors (Lipinski definition) is 0. The van der Waals surface area contributed by atoms with Crippen LogP contribution < -0.4 is 4.90 Å². The Balaban J connectivity index is 1.52. The molecule has 166 valence electrons. The van der Waals surface area contributed by atoms with Gasteiger partial charge in [0.25, 0.3) is 5.91 Å². The van der Waals surface area contributed by atoms with Gasteiger partial charge < -0.3 is 0 Å². The van der Waals surface area contributed by atoms with Crippen LogP contribution in [0, 0.1) is 11.8 Å². The van der Waals surface area contributed by atoms with Gasteiger partial charge in [0.05, 0.1) is 28.8 Å². The summed E-state index contributed by atoms with van der Waals surface area (Å²) in [4.78, 5) is 42.5.